The third-order valence-corrected chi connectivity index (χ3v) is 6.27. The van der Waals surface area contributed by atoms with Gasteiger partial charge in [0.2, 0.25) is 5.91 Å². The Bertz CT molecular complexity index is 809. The van der Waals surface area contributed by atoms with E-state index in [2.05, 4.69) is 20.6 Å². The van der Waals surface area contributed by atoms with E-state index in [0.29, 0.717) is 36.7 Å². The first-order valence-corrected chi connectivity index (χ1v) is 10.4. The predicted molar refractivity (Wildman–Crippen MR) is 115 cm³/mol. The molecule has 0 radical (unpaired) electrons. The number of hydrogen-bond acceptors (Lipinski definition) is 7. The molecule has 7 nitrogen and oxygen atoms in total. The van der Waals surface area contributed by atoms with Crippen LogP contribution in [0.5, 0.6) is 0 Å². The van der Waals surface area contributed by atoms with Gasteiger partial charge < -0.3 is 20.4 Å². The molecule has 1 amide bonds. The number of thioether (sulfide) groups is 1. The third-order valence-electron chi connectivity index (χ3n) is 4.01. The van der Waals surface area contributed by atoms with Crippen LogP contribution in [-0.2, 0) is 15.3 Å². The van der Waals surface area contributed by atoms with Gasteiger partial charge in [-0.3, -0.25) is 9.59 Å². The van der Waals surface area contributed by atoms with E-state index in [1.165, 1.54) is 23.1 Å². The van der Waals surface area contributed by atoms with Gasteiger partial charge in [0.15, 0.2) is 0 Å². The van der Waals surface area contributed by atoms with Gasteiger partial charge in [-0.15, -0.1) is 35.5 Å². The van der Waals surface area contributed by atoms with Crippen LogP contribution >= 0.6 is 35.5 Å². The number of nitrogens with zero attached hydrogens (tertiary/aromatic N) is 1. The molecule has 0 bridgehead atoms. The first-order valence-electron chi connectivity index (χ1n) is 8.52. The summed E-state index contributed by atoms with van der Waals surface area (Å²) in [6.45, 7) is 8.48. The average Bonchev–Trinajstić information content (AvgIpc) is 2.90. The molecule has 1 unspecified atom stereocenters. The molecule has 2 heterocycles. The van der Waals surface area contributed by atoms with E-state index in [1.54, 1.807) is 7.11 Å². The van der Waals surface area contributed by atoms with Crippen LogP contribution in [0.1, 0.15) is 23.2 Å². The van der Waals surface area contributed by atoms with Crippen molar-refractivity contribution in [2.75, 3.05) is 33.4 Å². The molecule has 0 saturated heterocycles. The fourth-order valence-corrected chi connectivity index (χ4v) is 4.19. The Labute approximate surface area is 173 Å². The lowest BCUT2D eigenvalue weighted by molar-refractivity contribution is -0.120. The largest absolute Gasteiger partial charge is 0.383 e. The number of hydrogen-bond donors (Lipinski definition) is 3. The Hall–Kier alpha value is -1.13. The summed E-state index contributed by atoms with van der Waals surface area (Å²) in [4.78, 5) is 33.6. The maximum absolute atomic E-state index is 12.3. The molecular weight excluding hydrogens is 408 g/mol. The van der Waals surface area contributed by atoms with Crippen LogP contribution in [-0.4, -0.2) is 54.5 Å². The van der Waals surface area contributed by atoms with Crippen molar-refractivity contribution >= 4 is 51.6 Å². The zero-order valence-electron chi connectivity index (χ0n) is 16.0. The Morgan fingerprint density at radius 3 is 2.78 bits per heavy atom. The summed E-state index contributed by atoms with van der Waals surface area (Å²) < 4.78 is 4.94. The number of rotatable bonds is 10. The van der Waals surface area contributed by atoms with E-state index in [4.69, 9.17) is 4.74 Å². The fraction of sp³-hybridized carbons (Fsp3) is 0.588. The fourth-order valence-electron chi connectivity index (χ4n) is 2.36. The highest BCUT2D eigenvalue weighted by atomic mass is 35.5. The lowest BCUT2D eigenvalue weighted by Crippen LogP contribution is -2.36. The zero-order valence-corrected chi connectivity index (χ0v) is 18.5. The van der Waals surface area contributed by atoms with E-state index >= 15 is 0 Å². The summed E-state index contributed by atoms with van der Waals surface area (Å²) in [5, 5.41) is 6.52. The van der Waals surface area contributed by atoms with E-state index < -0.39 is 0 Å². The van der Waals surface area contributed by atoms with E-state index in [-0.39, 0.29) is 29.1 Å². The SMILES string of the molecule is COCCNCCNC(=O)C(C)SCc1nc2sc(C)c(C)c2c(=O)[nH]1.Cl. The summed E-state index contributed by atoms with van der Waals surface area (Å²) >= 11 is 2.99. The number of halogens is 1. The van der Waals surface area contributed by atoms with Gasteiger partial charge in [0.05, 0.1) is 23.0 Å². The molecule has 0 aliphatic heterocycles. The highest BCUT2D eigenvalue weighted by Crippen LogP contribution is 2.26. The van der Waals surface area contributed by atoms with Crippen LogP contribution in [0, 0.1) is 13.8 Å². The van der Waals surface area contributed by atoms with Crippen molar-refractivity contribution in [1.82, 2.24) is 20.6 Å². The summed E-state index contributed by atoms with van der Waals surface area (Å²) in [5.74, 6) is 1.08. The number of H-pyrrole nitrogens is 1. The van der Waals surface area contributed by atoms with Gasteiger partial charge in [-0.05, 0) is 26.3 Å². The minimum absolute atomic E-state index is 0. The molecule has 2 rings (SSSR count). The molecular formula is C17H27ClN4O3S2. The number of aromatic nitrogens is 2. The van der Waals surface area contributed by atoms with Crippen molar-refractivity contribution in [3.05, 3.63) is 26.6 Å². The first kappa shape index (κ1) is 23.9. The maximum Gasteiger partial charge on any atom is 0.259 e. The summed E-state index contributed by atoms with van der Waals surface area (Å²) in [6.07, 6.45) is 0. The predicted octanol–water partition coefficient (Wildman–Crippen LogP) is 2.00. The Morgan fingerprint density at radius 2 is 2.07 bits per heavy atom. The highest BCUT2D eigenvalue weighted by Gasteiger charge is 2.15. The van der Waals surface area contributed by atoms with Crippen molar-refractivity contribution in [3.8, 4) is 0 Å². The molecule has 2 aromatic heterocycles. The van der Waals surface area contributed by atoms with E-state index in [9.17, 15) is 9.59 Å². The second-order valence-corrected chi connectivity index (χ2v) is 8.50. The number of ether oxygens (including phenoxy) is 1. The van der Waals surface area contributed by atoms with Gasteiger partial charge in [-0.2, -0.15) is 0 Å². The molecule has 0 spiro atoms. The van der Waals surface area contributed by atoms with Crippen molar-refractivity contribution in [3.63, 3.8) is 0 Å². The molecule has 1 atom stereocenters. The first-order chi connectivity index (χ1) is 12.4. The molecule has 27 heavy (non-hydrogen) atoms. The van der Waals surface area contributed by atoms with Crippen LogP contribution < -0.4 is 16.2 Å². The van der Waals surface area contributed by atoms with Gasteiger partial charge in [-0.1, -0.05) is 0 Å². The Balaban J connectivity index is 0.00000364. The van der Waals surface area contributed by atoms with E-state index in [0.717, 1.165) is 21.8 Å². The summed E-state index contributed by atoms with van der Waals surface area (Å²) in [5.41, 5.74) is 0.886. The normalized spacial score (nSPS) is 12.0. The monoisotopic (exact) mass is 434 g/mol. The van der Waals surface area contributed by atoms with Gasteiger partial charge in [0, 0.05) is 31.6 Å². The zero-order chi connectivity index (χ0) is 19.1. The van der Waals surface area contributed by atoms with Crippen molar-refractivity contribution in [2.45, 2.75) is 31.8 Å². The second kappa shape index (κ2) is 11.7. The number of carbonyl (C=O) groups is 1. The molecule has 0 aliphatic rings. The number of thiophene rings is 1. The Morgan fingerprint density at radius 1 is 1.33 bits per heavy atom. The third kappa shape index (κ3) is 6.76. The number of methoxy groups -OCH3 is 1. The molecule has 0 aromatic carbocycles. The molecule has 152 valence electrons. The number of fused-ring (bicyclic) bond motifs is 1. The van der Waals surface area contributed by atoms with Crippen molar-refractivity contribution in [1.29, 1.82) is 0 Å². The molecule has 0 saturated carbocycles. The van der Waals surface area contributed by atoms with Gasteiger partial charge >= 0.3 is 0 Å². The molecule has 2 aromatic rings. The topological polar surface area (TPSA) is 96.1 Å². The Kier molecular flexibility index (Phi) is 10.3. The number of aryl methyl sites for hydroxylation is 2. The van der Waals surface area contributed by atoms with Crippen molar-refractivity contribution in [2.24, 2.45) is 0 Å². The highest BCUT2D eigenvalue weighted by molar-refractivity contribution is 7.99. The molecule has 0 aliphatic carbocycles. The minimum Gasteiger partial charge on any atom is -0.383 e. The smallest absolute Gasteiger partial charge is 0.259 e. The number of nitrogens with one attached hydrogen (secondary N) is 3. The maximum atomic E-state index is 12.3. The quantitative estimate of drug-likeness (QED) is 0.495. The number of carbonyl (C=O) groups excluding carboxylic acids is 1. The van der Waals surface area contributed by atoms with Crippen LogP contribution in [0.25, 0.3) is 10.2 Å². The van der Waals surface area contributed by atoms with Gasteiger partial charge in [0.1, 0.15) is 10.7 Å². The summed E-state index contributed by atoms with van der Waals surface area (Å²) in [6, 6.07) is 0. The molecule has 3 N–H and O–H groups in total. The standard InChI is InChI=1S/C17H26N4O3S2.ClH/c1-10-11(2)26-17-14(10)16(23)20-13(21-17)9-25-12(3)15(22)19-6-5-18-7-8-24-4;/h12,18H,5-9H2,1-4H3,(H,19,22)(H,20,21,23);1H. The second-order valence-electron chi connectivity index (χ2n) is 5.96. The molecule has 10 heteroatoms. The van der Waals surface area contributed by atoms with Crippen LogP contribution in [0.15, 0.2) is 4.79 Å². The van der Waals surface area contributed by atoms with Crippen LogP contribution in [0.4, 0.5) is 0 Å². The number of aromatic amines is 1. The number of amides is 1. The van der Waals surface area contributed by atoms with Crippen LogP contribution in [0.2, 0.25) is 0 Å². The van der Waals surface area contributed by atoms with Crippen LogP contribution in [0.3, 0.4) is 0 Å². The lowest BCUT2D eigenvalue weighted by Gasteiger charge is -2.12. The summed E-state index contributed by atoms with van der Waals surface area (Å²) in [7, 11) is 1.66. The van der Waals surface area contributed by atoms with E-state index in [1.807, 2.05) is 20.8 Å². The van der Waals surface area contributed by atoms with Gasteiger partial charge in [-0.25, -0.2) is 4.98 Å². The van der Waals surface area contributed by atoms with Gasteiger partial charge in [0.25, 0.3) is 5.56 Å². The van der Waals surface area contributed by atoms with Crippen molar-refractivity contribution < 1.29 is 9.53 Å². The lowest BCUT2D eigenvalue weighted by atomic mass is 10.2. The minimum atomic E-state index is -0.221. The molecule has 0 fully saturated rings. The average molecular weight is 435 g/mol.